The summed E-state index contributed by atoms with van der Waals surface area (Å²) in [6.07, 6.45) is -0.737. The second-order valence-corrected chi connectivity index (χ2v) is 12.2. The Bertz CT molecular complexity index is 1290. The third kappa shape index (κ3) is 8.71. The second kappa shape index (κ2) is 13.7. The number of carbonyl (C=O) groups excluding carboxylic acids is 4. The Hall–Kier alpha value is -4.08. The Morgan fingerprint density at radius 2 is 1.50 bits per heavy atom. The molecule has 0 aliphatic carbocycles. The number of alkyl carbamates (subject to hydrolysis) is 1. The smallest absolute Gasteiger partial charge is 0.408 e. The molecule has 2 aromatic carbocycles. The number of phenols is 1. The van der Waals surface area contributed by atoms with Gasteiger partial charge in [-0.25, -0.2) is 4.79 Å². The van der Waals surface area contributed by atoms with E-state index >= 15 is 0 Å². The number of phenolic OH excluding ortho intramolecular Hbond substituents is 1. The van der Waals surface area contributed by atoms with Crippen LogP contribution in [-0.2, 0) is 19.1 Å². The van der Waals surface area contributed by atoms with Gasteiger partial charge in [0.25, 0.3) is 5.91 Å². The highest BCUT2D eigenvalue weighted by Crippen LogP contribution is 2.38. The molecule has 0 fully saturated rings. The molecule has 0 aliphatic rings. The van der Waals surface area contributed by atoms with Gasteiger partial charge in [0.1, 0.15) is 23.4 Å². The molecule has 0 bridgehead atoms. The first kappa shape index (κ1) is 34.1. The first-order chi connectivity index (χ1) is 19.4. The van der Waals surface area contributed by atoms with Crippen LogP contribution in [-0.4, -0.2) is 51.0 Å². The number of nitrogens with zero attached hydrogens (tertiary/aromatic N) is 1. The highest BCUT2D eigenvalue weighted by Gasteiger charge is 2.44. The summed E-state index contributed by atoms with van der Waals surface area (Å²) in [6.45, 7) is 16.0. The molecule has 0 radical (unpaired) electrons. The molecule has 0 aromatic heterocycles. The standard InChI is InChI=1S/C32H46N4O6/c1-10-32(8,9)36(29(40)23(17-18-24(33)37)34-30(41)42-31(5,6)7)26(22-16-12-15-21(4)27(22)38)28(39)35-25-19(2)13-11-14-20(25)3/h11-16,23,26,38H,10,17-18H2,1-9H3,(H2,33,37)(H,34,41)(H,35,39). The molecule has 2 atom stereocenters. The van der Waals surface area contributed by atoms with E-state index in [4.69, 9.17) is 10.5 Å². The molecule has 5 N–H and O–H groups in total. The van der Waals surface area contributed by atoms with E-state index in [2.05, 4.69) is 10.6 Å². The minimum Gasteiger partial charge on any atom is -0.507 e. The van der Waals surface area contributed by atoms with Crippen LogP contribution >= 0.6 is 0 Å². The minimum atomic E-state index is -1.30. The van der Waals surface area contributed by atoms with Gasteiger partial charge in [0.05, 0.1) is 0 Å². The summed E-state index contributed by atoms with van der Waals surface area (Å²) >= 11 is 0. The van der Waals surface area contributed by atoms with Crippen molar-refractivity contribution in [2.24, 2.45) is 5.73 Å². The first-order valence-electron chi connectivity index (χ1n) is 14.2. The largest absolute Gasteiger partial charge is 0.507 e. The zero-order valence-electron chi connectivity index (χ0n) is 26.3. The van der Waals surface area contributed by atoms with E-state index in [1.807, 2.05) is 39.0 Å². The predicted molar refractivity (Wildman–Crippen MR) is 163 cm³/mol. The van der Waals surface area contributed by atoms with Crippen molar-refractivity contribution in [1.29, 1.82) is 0 Å². The van der Waals surface area contributed by atoms with E-state index in [0.717, 1.165) is 11.1 Å². The van der Waals surface area contributed by atoms with E-state index in [-0.39, 0.29) is 24.2 Å². The van der Waals surface area contributed by atoms with E-state index in [1.54, 1.807) is 59.7 Å². The van der Waals surface area contributed by atoms with Crippen molar-refractivity contribution in [2.75, 3.05) is 5.32 Å². The number of benzene rings is 2. The topological polar surface area (TPSA) is 151 Å². The first-order valence-corrected chi connectivity index (χ1v) is 14.2. The van der Waals surface area contributed by atoms with Gasteiger partial charge < -0.3 is 31.1 Å². The molecule has 2 rings (SSSR count). The average molecular weight is 583 g/mol. The number of hydrogen-bond donors (Lipinski definition) is 4. The van der Waals surface area contributed by atoms with Gasteiger partial charge in [-0.1, -0.05) is 43.3 Å². The van der Waals surface area contributed by atoms with Gasteiger partial charge in [-0.3, -0.25) is 14.4 Å². The van der Waals surface area contributed by atoms with Crippen molar-refractivity contribution in [1.82, 2.24) is 10.2 Å². The number of rotatable bonds is 11. The molecule has 42 heavy (non-hydrogen) atoms. The number of nitrogens with one attached hydrogen (secondary N) is 2. The summed E-state index contributed by atoms with van der Waals surface area (Å²) in [6, 6.07) is 8.07. The Morgan fingerprint density at radius 1 is 0.952 bits per heavy atom. The number of primary amides is 1. The summed E-state index contributed by atoms with van der Waals surface area (Å²) in [5.41, 5.74) is 6.61. The van der Waals surface area contributed by atoms with Crippen LogP contribution in [0.4, 0.5) is 10.5 Å². The van der Waals surface area contributed by atoms with Crippen LogP contribution in [0, 0.1) is 20.8 Å². The fourth-order valence-electron chi connectivity index (χ4n) is 4.61. The zero-order valence-corrected chi connectivity index (χ0v) is 26.3. The molecule has 230 valence electrons. The quantitative estimate of drug-likeness (QED) is 0.287. The van der Waals surface area contributed by atoms with Gasteiger partial charge in [0.2, 0.25) is 11.8 Å². The predicted octanol–water partition coefficient (Wildman–Crippen LogP) is 5.17. The van der Waals surface area contributed by atoms with Crippen molar-refractivity contribution in [3.63, 3.8) is 0 Å². The Labute approximate surface area is 249 Å². The number of nitrogens with two attached hydrogens (primary N) is 1. The zero-order chi connectivity index (χ0) is 32.0. The average Bonchev–Trinajstić information content (AvgIpc) is 2.87. The van der Waals surface area contributed by atoms with Crippen LogP contribution in [0.3, 0.4) is 0 Å². The summed E-state index contributed by atoms with van der Waals surface area (Å²) in [4.78, 5) is 54.7. The fourth-order valence-corrected chi connectivity index (χ4v) is 4.61. The van der Waals surface area contributed by atoms with Gasteiger partial charge in [-0.05, 0) is 84.9 Å². The lowest BCUT2D eigenvalue weighted by atomic mass is 9.90. The van der Waals surface area contributed by atoms with E-state index < -0.39 is 47.0 Å². The van der Waals surface area contributed by atoms with Crippen molar-refractivity contribution in [3.8, 4) is 5.75 Å². The number of carbonyl (C=O) groups is 4. The molecular weight excluding hydrogens is 536 g/mol. The van der Waals surface area contributed by atoms with Crippen molar-refractivity contribution in [3.05, 3.63) is 58.7 Å². The van der Waals surface area contributed by atoms with Crippen LogP contribution in [0.2, 0.25) is 0 Å². The Morgan fingerprint density at radius 3 is 2.02 bits per heavy atom. The van der Waals surface area contributed by atoms with Gasteiger partial charge in [-0.15, -0.1) is 0 Å². The molecule has 2 aromatic rings. The Kier molecular flexibility index (Phi) is 11.1. The maximum absolute atomic E-state index is 14.5. The molecule has 0 saturated carbocycles. The number of hydrogen-bond acceptors (Lipinski definition) is 6. The minimum absolute atomic E-state index is 0.116. The lowest BCUT2D eigenvalue weighted by Gasteiger charge is -2.44. The number of ether oxygens (including phenoxy) is 1. The fraction of sp³-hybridized carbons (Fsp3) is 0.500. The number of amides is 4. The molecule has 10 nitrogen and oxygen atoms in total. The monoisotopic (exact) mass is 582 g/mol. The number of anilines is 1. The summed E-state index contributed by atoms with van der Waals surface area (Å²) in [5.74, 6) is -1.95. The normalized spacial score (nSPS) is 13.1. The van der Waals surface area contributed by atoms with E-state index in [0.29, 0.717) is 17.7 Å². The molecule has 0 heterocycles. The number of para-hydroxylation sites is 2. The van der Waals surface area contributed by atoms with Crippen LogP contribution in [0.15, 0.2) is 36.4 Å². The maximum atomic E-state index is 14.5. The molecule has 0 spiro atoms. The van der Waals surface area contributed by atoms with Crippen molar-refractivity contribution < 1.29 is 29.0 Å². The van der Waals surface area contributed by atoms with Gasteiger partial charge >= 0.3 is 6.09 Å². The second-order valence-electron chi connectivity index (χ2n) is 12.2. The third-order valence-electron chi connectivity index (χ3n) is 7.22. The lowest BCUT2D eigenvalue weighted by Crippen LogP contribution is -2.59. The molecular formula is C32H46N4O6. The molecule has 4 amide bonds. The summed E-state index contributed by atoms with van der Waals surface area (Å²) in [5, 5.41) is 16.8. The SMILES string of the molecule is CCC(C)(C)N(C(=O)C(CCC(N)=O)NC(=O)OC(C)(C)C)C(C(=O)Nc1c(C)cccc1C)c1cccc(C)c1O. The van der Waals surface area contributed by atoms with Crippen LogP contribution in [0.25, 0.3) is 0 Å². The highest BCUT2D eigenvalue weighted by atomic mass is 16.6. The third-order valence-corrected chi connectivity index (χ3v) is 7.22. The Balaban J connectivity index is 2.75. The van der Waals surface area contributed by atoms with Crippen LogP contribution < -0.4 is 16.4 Å². The molecule has 0 aliphatic heterocycles. The van der Waals surface area contributed by atoms with Gasteiger partial charge in [0, 0.05) is 23.2 Å². The molecule has 2 unspecified atom stereocenters. The molecule has 10 heteroatoms. The van der Waals surface area contributed by atoms with Crippen LogP contribution in [0.5, 0.6) is 5.75 Å². The summed E-state index contributed by atoms with van der Waals surface area (Å²) < 4.78 is 5.39. The lowest BCUT2D eigenvalue weighted by molar-refractivity contribution is -0.148. The number of aryl methyl sites for hydroxylation is 3. The molecule has 0 saturated heterocycles. The number of aromatic hydroxyl groups is 1. The summed E-state index contributed by atoms with van der Waals surface area (Å²) in [7, 11) is 0. The van der Waals surface area contributed by atoms with Crippen LogP contribution in [0.1, 0.15) is 89.1 Å². The van der Waals surface area contributed by atoms with Gasteiger partial charge in [-0.2, -0.15) is 0 Å². The highest BCUT2D eigenvalue weighted by molar-refractivity contribution is 6.00. The maximum Gasteiger partial charge on any atom is 0.408 e. The van der Waals surface area contributed by atoms with Crippen molar-refractivity contribution >= 4 is 29.5 Å². The van der Waals surface area contributed by atoms with Crippen molar-refractivity contribution in [2.45, 2.75) is 105 Å². The van der Waals surface area contributed by atoms with E-state index in [1.165, 1.54) is 4.90 Å². The van der Waals surface area contributed by atoms with Gasteiger partial charge in [0.15, 0.2) is 0 Å². The van der Waals surface area contributed by atoms with E-state index in [9.17, 15) is 24.3 Å².